The van der Waals surface area contributed by atoms with Gasteiger partial charge in [0.1, 0.15) is 5.82 Å². The zero-order valence-electron chi connectivity index (χ0n) is 10.0. The lowest BCUT2D eigenvalue weighted by molar-refractivity contribution is 0.478. The minimum Gasteiger partial charge on any atom is -0.439 e. The zero-order chi connectivity index (χ0) is 13.0. The normalized spacial score (nSPS) is 10.8. The van der Waals surface area contributed by atoms with Crippen LogP contribution in [0.5, 0.6) is 0 Å². The molecular formula is C13H14ClFN2O. The Balaban J connectivity index is 2.13. The van der Waals surface area contributed by atoms with Gasteiger partial charge >= 0.3 is 0 Å². The van der Waals surface area contributed by atoms with E-state index < -0.39 is 0 Å². The van der Waals surface area contributed by atoms with Gasteiger partial charge in [-0.1, -0.05) is 18.5 Å². The summed E-state index contributed by atoms with van der Waals surface area (Å²) in [6.45, 7) is 3.58. The molecule has 1 aromatic carbocycles. The molecule has 5 heteroatoms. The van der Waals surface area contributed by atoms with E-state index in [0.29, 0.717) is 28.8 Å². The average molecular weight is 269 g/mol. The minimum atomic E-state index is -0.367. The van der Waals surface area contributed by atoms with Crippen LogP contribution in [-0.4, -0.2) is 11.5 Å². The maximum atomic E-state index is 12.9. The van der Waals surface area contributed by atoms with Gasteiger partial charge in [-0.15, -0.1) is 0 Å². The van der Waals surface area contributed by atoms with Crippen molar-refractivity contribution in [2.24, 2.45) is 0 Å². The summed E-state index contributed by atoms with van der Waals surface area (Å²) in [7, 11) is 0. The molecule has 3 nitrogen and oxygen atoms in total. The standard InChI is InChI=1S/C13H14ClFN2O/c1-2-5-16-8-13-17-7-12(18-13)10-4-3-9(15)6-11(10)14/h3-4,6-7,16H,2,5,8H2,1H3. The van der Waals surface area contributed by atoms with Gasteiger partial charge in [-0.2, -0.15) is 0 Å². The fraction of sp³-hybridized carbons (Fsp3) is 0.308. The number of benzene rings is 1. The zero-order valence-corrected chi connectivity index (χ0v) is 10.8. The number of hydrogen-bond donors (Lipinski definition) is 1. The highest BCUT2D eigenvalue weighted by Gasteiger charge is 2.10. The molecule has 0 amide bonds. The summed E-state index contributed by atoms with van der Waals surface area (Å²) in [5.74, 6) is 0.778. The summed E-state index contributed by atoms with van der Waals surface area (Å²) in [5, 5.41) is 3.51. The predicted octanol–water partition coefficient (Wildman–Crippen LogP) is 3.63. The number of aromatic nitrogens is 1. The largest absolute Gasteiger partial charge is 0.439 e. The van der Waals surface area contributed by atoms with E-state index in [0.717, 1.165) is 13.0 Å². The van der Waals surface area contributed by atoms with Crippen molar-refractivity contribution in [2.45, 2.75) is 19.9 Å². The first-order valence-electron chi connectivity index (χ1n) is 5.81. The van der Waals surface area contributed by atoms with Crippen molar-refractivity contribution in [3.63, 3.8) is 0 Å². The van der Waals surface area contributed by atoms with Crippen molar-refractivity contribution < 1.29 is 8.81 Å². The molecule has 0 atom stereocenters. The van der Waals surface area contributed by atoms with Crippen molar-refractivity contribution >= 4 is 11.6 Å². The van der Waals surface area contributed by atoms with Crippen LogP contribution in [0.3, 0.4) is 0 Å². The molecule has 0 spiro atoms. The lowest BCUT2D eigenvalue weighted by atomic mass is 10.2. The van der Waals surface area contributed by atoms with Crippen LogP contribution in [0.15, 0.2) is 28.8 Å². The minimum absolute atomic E-state index is 0.319. The van der Waals surface area contributed by atoms with E-state index in [9.17, 15) is 4.39 Å². The molecule has 2 rings (SSSR count). The highest BCUT2D eigenvalue weighted by molar-refractivity contribution is 6.33. The summed E-state index contributed by atoms with van der Waals surface area (Å²) < 4.78 is 18.5. The molecule has 2 aromatic rings. The molecular weight excluding hydrogens is 255 g/mol. The van der Waals surface area contributed by atoms with Gasteiger partial charge in [-0.3, -0.25) is 0 Å². The van der Waals surface area contributed by atoms with E-state index >= 15 is 0 Å². The fourth-order valence-electron chi connectivity index (χ4n) is 1.58. The van der Waals surface area contributed by atoms with E-state index in [1.54, 1.807) is 12.3 Å². The Labute approximate surface area is 110 Å². The van der Waals surface area contributed by atoms with Crippen LogP contribution in [0, 0.1) is 5.82 Å². The fourth-order valence-corrected chi connectivity index (χ4v) is 1.84. The third-order valence-electron chi connectivity index (χ3n) is 2.45. The van der Waals surface area contributed by atoms with E-state index in [2.05, 4.69) is 17.2 Å². The Morgan fingerprint density at radius 2 is 2.28 bits per heavy atom. The molecule has 0 saturated heterocycles. The van der Waals surface area contributed by atoms with Crippen LogP contribution >= 0.6 is 11.6 Å². The number of halogens is 2. The second-order valence-electron chi connectivity index (χ2n) is 3.92. The first-order chi connectivity index (χ1) is 8.70. The molecule has 1 aromatic heterocycles. The Hall–Kier alpha value is -1.39. The van der Waals surface area contributed by atoms with E-state index in [-0.39, 0.29) is 5.82 Å². The van der Waals surface area contributed by atoms with Crippen LogP contribution in [0.2, 0.25) is 5.02 Å². The number of rotatable bonds is 5. The van der Waals surface area contributed by atoms with Crippen molar-refractivity contribution in [1.29, 1.82) is 0 Å². The topological polar surface area (TPSA) is 38.1 Å². The smallest absolute Gasteiger partial charge is 0.208 e. The molecule has 1 heterocycles. The molecule has 0 saturated carbocycles. The van der Waals surface area contributed by atoms with Crippen LogP contribution in [0.1, 0.15) is 19.2 Å². The molecule has 0 unspecified atom stereocenters. The Morgan fingerprint density at radius 3 is 3.00 bits per heavy atom. The number of nitrogens with one attached hydrogen (secondary N) is 1. The highest BCUT2D eigenvalue weighted by Crippen LogP contribution is 2.28. The van der Waals surface area contributed by atoms with Crippen LogP contribution in [0.4, 0.5) is 4.39 Å². The summed E-state index contributed by atoms with van der Waals surface area (Å²) in [6.07, 6.45) is 2.65. The second kappa shape index (κ2) is 5.98. The first kappa shape index (κ1) is 13.1. The Morgan fingerprint density at radius 1 is 1.44 bits per heavy atom. The maximum Gasteiger partial charge on any atom is 0.208 e. The third-order valence-corrected chi connectivity index (χ3v) is 2.77. The molecule has 0 aliphatic carbocycles. The van der Waals surface area contributed by atoms with Crippen LogP contribution < -0.4 is 5.32 Å². The van der Waals surface area contributed by atoms with Gasteiger partial charge in [0.2, 0.25) is 5.89 Å². The molecule has 0 radical (unpaired) electrons. The van der Waals surface area contributed by atoms with Crippen molar-refractivity contribution in [2.75, 3.05) is 6.54 Å². The molecule has 1 N–H and O–H groups in total. The molecule has 0 fully saturated rings. The lowest BCUT2D eigenvalue weighted by Crippen LogP contribution is -2.13. The number of hydrogen-bond acceptors (Lipinski definition) is 3. The number of oxazole rings is 1. The van der Waals surface area contributed by atoms with Gasteiger partial charge in [-0.05, 0) is 31.2 Å². The van der Waals surface area contributed by atoms with Crippen molar-refractivity contribution in [3.8, 4) is 11.3 Å². The van der Waals surface area contributed by atoms with Crippen LogP contribution in [-0.2, 0) is 6.54 Å². The Bertz CT molecular complexity index is 527. The predicted molar refractivity (Wildman–Crippen MR) is 68.9 cm³/mol. The van der Waals surface area contributed by atoms with Gasteiger partial charge in [0.05, 0.1) is 17.8 Å². The molecule has 0 aliphatic heterocycles. The lowest BCUT2D eigenvalue weighted by Gasteiger charge is -2.00. The quantitative estimate of drug-likeness (QED) is 0.842. The summed E-state index contributed by atoms with van der Waals surface area (Å²) in [6, 6.07) is 4.19. The molecule has 18 heavy (non-hydrogen) atoms. The maximum absolute atomic E-state index is 12.9. The monoisotopic (exact) mass is 268 g/mol. The van der Waals surface area contributed by atoms with Gasteiger partial charge in [0, 0.05) is 5.56 Å². The highest BCUT2D eigenvalue weighted by atomic mass is 35.5. The summed E-state index contributed by atoms with van der Waals surface area (Å²) >= 11 is 5.96. The van der Waals surface area contributed by atoms with E-state index in [1.165, 1.54) is 12.1 Å². The number of nitrogens with zero attached hydrogens (tertiary/aromatic N) is 1. The van der Waals surface area contributed by atoms with Crippen molar-refractivity contribution in [3.05, 3.63) is 41.1 Å². The van der Waals surface area contributed by atoms with E-state index in [1.807, 2.05) is 0 Å². The Kier molecular flexibility index (Phi) is 4.33. The third kappa shape index (κ3) is 3.09. The second-order valence-corrected chi connectivity index (χ2v) is 4.33. The molecule has 0 bridgehead atoms. The first-order valence-corrected chi connectivity index (χ1v) is 6.19. The molecule has 0 aliphatic rings. The average Bonchev–Trinajstić information content (AvgIpc) is 2.78. The van der Waals surface area contributed by atoms with Crippen LogP contribution in [0.25, 0.3) is 11.3 Å². The van der Waals surface area contributed by atoms with Gasteiger partial charge in [0.15, 0.2) is 5.76 Å². The van der Waals surface area contributed by atoms with Gasteiger partial charge in [0.25, 0.3) is 0 Å². The van der Waals surface area contributed by atoms with Gasteiger partial charge in [-0.25, -0.2) is 9.37 Å². The van der Waals surface area contributed by atoms with Crippen molar-refractivity contribution in [1.82, 2.24) is 10.3 Å². The summed E-state index contributed by atoms with van der Waals surface area (Å²) in [5.41, 5.74) is 0.646. The SMILES string of the molecule is CCCNCc1ncc(-c2ccc(F)cc2Cl)o1. The summed E-state index contributed by atoms with van der Waals surface area (Å²) in [4.78, 5) is 4.15. The van der Waals surface area contributed by atoms with Gasteiger partial charge < -0.3 is 9.73 Å². The molecule has 96 valence electrons. The van der Waals surface area contributed by atoms with E-state index in [4.69, 9.17) is 16.0 Å².